The summed E-state index contributed by atoms with van der Waals surface area (Å²) in [5.74, 6) is -2.18. The number of anilines is 2. The fourth-order valence-corrected chi connectivity index (χ4v) is 4.92. The number of nitriles is 1. The molecule has 4 N–H and O–H groups in total. The van der Waals surface area contributed by atoms with E-state index in [1.807, 2.05) is 0 Å². The summed E-state index contributed by atoms with van der Waals surface area (Å²) in [6.45, 7) is -0.571. The van der Waals surface area contributed by atoms with Gasteiger partial charge in [-0.05, 0) is 30.3 Å². The Kier molecular flexibility index (Phi) is 4.44. The van der Waals surface area contributed by atoms with Crippen molar-refractivity contribution >= 4 is 40.8 Å². The number of halogens is 1. The maximum Gasteiger partial charge on any atom is 0.338 e. The highest BCUT2D eigenvalue weighted by Gasteiger charge is 2.64. The van der Waals surface area contributed by atoms with E-state index in [0.29, 0.717) is 27.7 Å². The number of cyclic esters (lactones) is 1. The number of hydrogen-bond acceptors (Lipinski definition) is 7. The van der Waals surface area contributed by atoms with E-state index in [9.17, 15) is 19.6 Å². The van der Waals surface area contributed by atoms with Crippen LogP contribution >= 0.6 is 11.6 Å². The maximum absolute atomic E-state index is 14.0. The molecular formula is C23H16ClN5O4. The Morgan fingerprint density at radius 2 is 1.88 bits per heavy atom. The van der Waals surface area contributed by atoms with Gasteiger partial charge in [-0.2, -0.15) is 5.26 Å². The Morgan fingerprint density at radius 3 is 2.55 bits per heavy atom. The predicted octanol–water partition coefficient (Wildman–Crippen LogP) is 1.43. The molecule has 3 heterocycles. The number of fused-ring (bicyclic) bond motifs is 3. The normalized spacial score (nSPS) is 21.3. The van der Waals surface area contributed by atoms with Gasteiger partial charge in [0.05, 0.1) is 16.8 Å². The second-order valence-electron chi connectivity index (χ2n) is 7.71. The fourth-order valence-electron chi connectivity index (χ4n) is 4.79. The maximum atomic E-state index is 14.0. The van der Waals surface area contributed by atoms with Crippen LogP contribution in [0.5, 0.6) is 0 Å². The number of carbonyl (C=O) groups is 3. The van der Waals surface area contributed by atoms with Gasteiger partial charge in [-0.1, -0.05) is 29.8 Å². The summed E-state index contributed by atoms with van der Waals surface area (Å²) in [5, 5.41) is 10.7. The number of primary amides is 1. The zero-order chi connectivity index (χ0) is 23.5. The van der Waals surface area contributed by atoms with Gasteiger partial charge in [0.2, 0.25) is 11.8 Å². The van der Waals surface area contributed by atoms with Crippen LogP contribution in [0.15, 0.2) is 71.2 Å². The van der Waals surface area contributed by atoms with Crippen LogP contribution in [0.3, 0.4) is 0 Å². The molecule has 33 heavy (non-hydrogen) atoms. The van der Waals surface area contributed by atoms with Crippen LogP contribution in [0.1, 0.15) is 5.56 Å². The fraction of sp³-hybridized carbons (Fsp3) is 0.130. The largest absolute Gasteiger partial charge is 0.456 e. The first-order chi connectivity index (χ1) is 15.8. The highest BCUT2D eigenvalue weighted by molar-refractivity contribution is 6.30. The number of ether oxygens (including phenoxy) is 1. The molecule has 3 aliphatic heterocycles. The van der Waals surface area contributed by atoms with Gasteiger partial charge >= 0.3 is 5.97 Å². The van der Waals surface area contributed by atoms with Crippen molar-refractivity contribution in [1.29, 1.82) is 5.26 Å². The minimum absolute atomic E-state index is 0.00683. The van der Waals surface area contributed by atoms with E-state index in [2.05, 4.69) is 6.07 Å². The molecule has 0 saturated heterocycles. The van der Waals surface area contributed by atoms with Crippen LogP contribution in [0.4, 0.5) is 11.4 Å². The molecule has 5 rings (SSSR count). The lowest BCUT2D eigenvalue weighted by Gasteiger charge is -2.38. The monoisotopic (exact) mass is 461 g/mol. The van der Waals surface area contributed by atoms with Gasteiger partial charge in [0.1, 0.15) is 30.5 Å². The van der Waals surface area contributed by atoms with Gasteiger partial charge in [0.25, 0.3) is 0 Å². The van der Waals surface area contributed by atoms with Crippen molar-refractivity contribution in [2.45, 2.75) is 5.41 Å². The summed E-state index contributed by atoms with van der Waals surface area (Å²) in [6, 6.07) is 15.3. The number of esters is 1. The molecule has 0 aromatic heterocycles. The van der Waals surface area contributed by atoms with E-state index in [-0.39, 0.29) is 23.6 Å². The Hall–Kier alpha value is -4.29. The molecule has 10 heteroatoms. The first kappa shape index (κ1) is 20.6. The number of carbonyl (C=O) groups excluding carboxylic acids is 3. The Morgan fingerprint density at radius 1 is 1.18 bits per heavy atom. The van der Waals surface area contributed by atoms with Crippen LogP contribution in [0, 0.1) is 11.3 Å². The molecule has 9 nitrogen and oxygen atoms in total. The van der Waals surface area contributed by atoms with E-state index in [0.717, 1.165) is 0 Å². The van der Waals surface area contributed by atoms with Crippen molar-refractivity contribution < 1.29 is 19.1 Å². The van der Waals surface area contributed by atoms with E-state index in [4.69, 9.17) is 27.8 Å². The standard InChI is InChI=1S/C23H16ClN5O4/c24-12-5-7-13(8-6-12)29-17-11-33-21(31)19(17)23(15(9-25)20(29)27)14-3-1-2-4-16(14)28(22(23)32)10-18(26)30/h1-8H,10-11,27H2,(H2,26,30). The van der Waals surface area contributed by atoms with Crippen LogP contribution in [-0.4, -0.2) is 30.9 Å². The molecule has 2 aromatic rings. The first-order valence-electron chi connectivity index (χ1n) is 9.89. The highest BCUT2D eigenvalue weighted by Crippen LogP contribution is 2.56. The van der Waals surface area contributed by atoms with Gasteiger partial charge in [0.15, 0.2) is 0 Å². The van der Waals surface area contributed by atoms with Crippen molar-refractivity contribution in [2.24, 2.45) is 11.5 Å². The van der Waals surface area contributed by atoms with Gasteiger partial charge in [-0.25, -0.2) is 4.79 Å². The molecule has 1 unspecified atom stereocenters. The molecule has 164 valence electrons. The molecule has 0 saturated carbocycles. The van der Waals surface area contributed by atoms with Crippen molar-refractivity contribution in [3.05, 3.63) is 81.8 Å². The molecule has 0 fully saturated rings. The van der Waals surface area contributed by atoms with Gasteiger partial charge in [0, 0.05) is 22.0 Å². The van der Waals surface area contributed by atoms with E-state index in [1.54, 1.807) is 48.5 Å². The molecule has 0 radical (unpaired) electrons. The smallest absolute Gasteiger partial charge is 0.338 e. The lowest BCUT2D eigenvalue weighted by molar-refractivity contribution is -0.137. The SMILES string of the molecule is N#CC1=C(N)N(c2ccc(Cl)cc2)C2=C(C(=O)OC2)C12C(=O)N(CC(N)=O)c1ccccc12. The lowest BCUT2D eigenvalue weighted by Crippen LogP contribution is -2.51. The Balaban J connectivity index is 1.84. The third-order valence-corrected chi connectivity index (χ3v) is 6.28. The highest BCUT2D eigenvalue weighted by atomic mass is 35.5. The predicted molar refractivity (Wildman–Crippen MR) is 118 cm³/mol. The summed E-state index contributed by atoms with van der Waals surface area (Å²) in [6.07, 6.45) is 0. The summed E-state index contributed by atoms with van der Waals surface area (Å²) >= 11 is 6.02. The number of para-hydroxylation sites is 1. The second kappa shape index (κ2) is 7.12. The van der Waals surface area contributed by atoms with Crippen molar-refractivity contribution in [3.63, 3.8) is 0 Å². The van der Waals surface area contributed by atoms with E-state index >= 15 is 0 Å². The van der Waals surface area contributed by atoms with Crippen molar-refractivity contribution in [3.8, 4) is 6.07 Å². The second-order valence-corrected chi connectivity index (χ2v) is 8.14. The van der Waals surface area contributed by atoms with Gasteiger partial charge < -0.3 is 21.1 Å². The summed E-state index contributed by atoms with van der Waals surface area (Å²) < 4.78 is 5.35. The summed E-state index contributed by atoms with van der Waals surface area (Å²) in [5.41, 5.74) is 11.5. The summed E-state index contributed by atoms with van der Waals surface area (Å²) in [7, 11) is 0. The number of nitrogens with two attached hydrogens (primary N) is 2. The van der Waals surface area contributed by atoms with Crippen molar-refractivity contribution in [1.82, 2.24) is 0 Å². The quantitative estimate of drug-likeness (QED) is 0.658. The van der Waals surface area contributed by atoms with Crippen LogP contribution in [-0.2, 0) is 24.5 Å². The third kappa shape index (κ3) is 2.61. The topological polar surface area (TPSA) is 143 Å². The molecule has 2 amide bonds. The molecule has 1 atom stereocenters. The molecule has 3 aliphatic rings. The number of benzene rings is 2. The first-order valence-corrected chi connectivity index (χ1v) is 10.3. The number of rotatable bonds is 3. The molecule has 2 aromatic carbocycles. The van der Waals surface area contributed by atoms with Crippen molar-refractivity contribution in [2.75, 3.05) is 23.0 Å². The summed E-state index contributed by atoms with van der Waals surface area (Å²) in [4.78, 5) is 41.5. The van der Waals surface area contributed by atoms with Crippen LogP contribution in [0.2, 0.25) is 5.02 Å². The zero-order valence-corrected chi connectivity index (χ0v) is 17.8. The Bertz CT molecular complexity index is 1360. The number of hydrogen-bond donors (Lipinski definition) is 2. The van der Waals surface area contributed by atoms with Gasteiger partial charge in [-0.15, -0.1) is 0 Å². The molecule has 0 aliphatic carbocycles. The Labute approximate surface area is 193 Å². The lowest BCUT2D eigenvalue weighted by atomic mass is 9.67. The molecule has 0 bridgehead atoms. The molecule has 1 spiro atoms. The van der Waals surface area contributed by atoms with Crippen LogP contribution < -0.4 is 21.3 Å². The zero-order valence-electron chi connectivity index (χ0n) is 17.0. The number of amides is 2. The minimum Gasteiger partial charge on any atom is -0.456 e. The van der Waals surface area contributed by atoms with Crippen LogP contribution in [0.25, 0.3) is 0 Å². The van der Waals surface area contributed by atoms with E-state index in [1.165, 1.54) is 9.80 Å². The minimum atomic E-state index is -1.85. The van der Waals surface area contributed by atoms with E-state index < -0.39 is 29.7 Å². The average molecular weight is 462 g/mol. The number of nitrogens with zero attached hydrogens (tertiary/aromatic N) is 3. The average Bonchev–Trinajstić information content (AvgIpc) is 3.28. The third-order valence-electron chi connectivity index (χ3n) is 6.03. The van der Waals surface area contributed by atoms with Gasteiger partial charge in [-0.3, -0.25) is 14.5 Å². The molecular weight excluding hydrogens is 446 g/mol.